The van der Waals surface area contributed by atoms with E-state index in [0.29, 0.717) is 24.3 Å². The van der Waals surface area contributed by atoms with Crippen LogP contribution in [0.25, 0.3) is 0 Å². The van der Waals surface area contributed by atoms with Crippen molar-refractivity contribution in [2.75, 3.05) is 72.6 Å². The predicted octanol–water partition coefficient (Wildman–Crippen LogP) is 4.13. The predicted molar refractivity (Wildman–Crippen MR) is 218 cm³/mol. The van der Waals surface area contributed by atoms with Gasteiger partial charge in [0.15, 0.2) is 0 Å². The summed E-state index contributed by atoms with van der Waals surface area (Å²) in [4.78, 5) is 72.4. The molecule has 0 aromatic heterocycles. The van der Waals surface area contributed by atoms with Crippen LogP contribution in [0.4, 0.5) is 0 Å². The molecule has 0 aliphatic rings. The summed E-state index contributed by atoms with van der Waals surface area (Å²) in [7, 11) is 0. The Bertz CT molecular complexity index is 1380. The molecule has 0 aliphatic carbocycles. The highest BCUT2D eigenvalue weighted by Gasteiger charge is 2.27. The number of unbranched alkanes of at least 4 members (excludes halogenated alkanes) is 6. The van der Waals surface area contributed by atoms with Crippen molar-refractivity contribution < 1.29 is 67.0 Å². The van der Waals surface area contributed by atoms with Crippen LogP contribution in [0.3, 0.4) is 0 Å². The number of nitrogens with one attached hydrogen (secondary N) is 3. The molecule has 0 aliphatic heterocycles. The number of carbonyl (C=O) groups excluding carboxylic acids is 5. The minimum Gasteiger partial charge on any atom is -0.494 e. The molecule has 17 nitrogen and oxygen atoms in total. The topological polar surface area (TPSA) is 223 Å². The van der Waals surface area contributed by atoms with Crippen molar-refractivity contribution in [3.63, 3.8) is 0 Å². The third kappa shape index (κ3) is 31.3. The first-order valence-corrected chi connectivity index (χ1v) is 20.5. The second-order valence-corrected chi connectivity index (χ2v) is 15.7. The van der Waals surface area contributed by atoms with Crippen LogP contribution in [0.5, 0.6) is 5.75 Å². The fraction of sp³-hybridized carbons (Fsp3) is 0.714. The van der Waals surface area contributed by atoms with Crippen LogP contribution in [0.15, 0.2) is 24.3 Å². The van der Waals surface area contributed by atoms with Crippen molar-refractivity contribution in [1.29, 1.82) is 0 Å². The van der Waals surface area contributed by atoms with Crippen LogP contribution in [-0.4, -0.2) is 131 Å². The number of aliphatic carboxylic acids is 1. The average Bonchev–Trinajstić information content (AvgIpc) is 3.14. The monoisotopic (exact) mass is 839 g/mol. The number of rotatable bonds is 33. The third-order valence-corrected chi connectivity index (χ3v) is 7.83. The van der Waals surface area contributed by atoms with Gasteiger partial charge in [0.25, 0.3) is 0 Å². The largest absolute Gasteiger partial charge is 0.494 e. The lowest BCUT2D eigenvalue weighted by atomic mass is 10.1. The van der Waals surface area contributed by atoms with Crippen molar-refractivity contribution in [3.8, 4) is 5.75 Å². The van der Waals surface area contributed by atoms with Gasteiger partial charge in [-0.05, 0) is 85.1 Å². The normalized spacial score (nSPS) is 12.0. The fourth-order valence-corrected chi connectivity index (χ4v) is 5.08. The van der Waals surface area contributed by atoms with E-state index in [9.17, 15) is 28.8 Å². The minimum atomic E-state index is -1.05. The van der Waals surface area contributed by atoms with E-state index in [1.54, 1.807) is 45.0 Å². The standard InChI is InChI=1S/C42H69N3O14/c1-41(2,3)58-39(51)32-15-17-33(18-16-32)57-23-13-11-9-7-8-10-12-14-36(47)45-34(40(52)59-42(4,5)6)19-20-35(46)43-21-24-53-26-28-55-30-37(48)44-22-25-54-27-29-56-31-38(49)50/h15-18,34H,7-14,19-31H2,1-6H3,(H,43,46)(H,44,48)(H,45,47)(H,49,50). The molecule has 0 fully saturated rings. The zero-order valence-corrected chi connectivity index (χ0v) is 36.0. The Morgan fingerprint density at radius 2 is 1.10 bits per heavy atom. The summed E-state index contributed by atoms with van der Waals surface area (Å²) in [5.41, 5.74) is -0.822. The molecule has 1 atom stereocenters. The van der Waals surface area contributed by atoms with E-state index in [4.69, 9.17) is 38.3 Å². The second kappa shape index (κ2) is 30.7. The molecule has 336 valence electrons. The first kappa shape index (κ1) is 52.7. The highest BCUT2D eigenvalue weighted by molar-refractivity contribution is 5.89. The zero-order valence-electron chi connectivity index (χ0n) is 36.0. The molecule has 0 bridgehead atoms. The van der Waals surface area contributed by atoms with E-state index >= 15 is 0 Å². The molecule has 0 heterocycles. The summed E-state index contributed by atoms with van der Waals surface area (Å²) in [6, 6.07) is 5.99. The average molecular weight is 840 g/mol. The van der Waals surface area contributed by atoms with E-state index in [0.717, 1.165) is 38.5 Å². The van der Waals surface area contributed by atoms with Crippen LogP contribution >= 0.6 is 0 Å². The number of benzene rings is 1. The van der Waals surface area contributed by atoms with Crippen LogP contribution in [-0.2, 0) is 52.4 Å². The van der Waals surface area contributed by atoms with Gasteiger partial charge in [0.05, 0.1) is 51.8 Å². The number of hydrogen-bond donors (Lipinski definition) is 4. The Morgan fingerprint density at radius 3 is 1.68 bits per heavy atom. The number of carbonyl (C=O) groups is 6. The Labute approximate surface area is 349 Å². The first-order valence-electron chi connectivity index (χ1n) is 20.5. The van der Waals surface area contributed by atoms with Crippen molar-refractivity contribution in [3.05, 3.63) is 29.8 Å². The maximum Gasteiger partial charge on any atom is 0.338 e. The molecule has 1 aromatic rings. The number of carboxylic acid groups (broad SMARTS) is 1. The number of amides is 3. The molecule has 1 aromatic carbocycles. The van der Waals surface area contributed by atoms with Gasteiger partial charge < -0.3 is 54.2 Å². The molecule has 17 heteroatoms. The maximum absolute atomic E-state index is 12.9. The van der Waals surface area contributed by atoms with Gasteiger partial charge in [-0.1, -0.05) is 32.1 Å². The third-order valence-electron chi connectivity index (χ3n) is 7.83. The van der Waals surface area contributed by atoms with Crippen LogP contribution in [0, 0.1) is 0 Å². The number of ether oxygens (including phenoxy) is 7. The van der Waals surface area contributed by atoms with Gasteiger partial charge in [-0.15, -0.1) is 0 Å². The molecule has 0 radical (unpaired) electrons. The molecule has 59 heavy (non-hydrogen) atoms. The Balaban J connectivity index is 2.17. The summed E-state index contributed by atoms with van der Waals surface area (Å²) in [5.74, 6) is -2.20. The number of carboxylic acids is 1. The van der Waals surface area contributed by atoms with Crippen molar-refractivity contribution in [1.82, 2.24) is 16.0 Å². The second-order valence-electron chi connectivity index (χ2n) is 15.7. The smallest absolute Gasteiger partial charge is 0.338 e. The quantitative estimate of drug-likeness (QED) is 0.0578. The van der Waals surface area contributed by atoms with Gasteiger partial charge in [0.2, 0.25) is 17.7 Å². The van der Waals surface area contributed by atoms with Crippen LogP contribution < -0.4 is 20.7 Å². The molecule has 0 spiro atoms. The van der Waals surface area contributed by atoms with Crippen molar-refractivity contribution in [2.45, 2.75) is 123 Å². The van der Waals surface area contributed by atoms with Gasteiger partial charge in [-0.3, -0.25) is 14.4 Å². The fourth-order valence-electron chi connectivity index (χ4n) is 5.08. The van der Waals surface area contributed by atoms with E-state index in [-0.39, 0.29) is 109 Å². The summed E-state index contributed by atoms with van der Waals surface area (Å²) >= 11 is 0. The van der Waals surface area contributed by atoms with Gasteiger partial charge in [-0.2, -0.15) is 0 Å². The molecular formula is C42H69N3O14. The lowest BCUT2D eigenvalue weighted by Gasteiger charge is -2.24. The van der Waals surface area contributed by atoms with Gasteiger partial charge >= 0.3 is 17.9 Å². The van der Waals surface area contributed by atoms with Gasteiger partial charge in [0, 0.05) is 25.9 Å². The van der Waals surface area contributed by atoms with E-state index in [1.807, 2.05) is 20.8 Å². The van der Waals surface area contributed by atoms with E-state index < -0.39 is 29.2 Å². The number of hydrogen-bond acceptors (Lipinski definition) is 13. The molecule has 3 amide bonds. The minimum absolute atomic E-state index is 0.00261. The molecular weight excluding hydrogens is 770 g/mol. The lowest BCUT2D eigenvalue weighted by molar-refractivity contribution is -0.159. The van der Waals surface area contributed by atoms with Gasteiger partial charge in [-0.25, -0.2) is 14.4 Å². The van der Waals surface area contributed by atoms with Crippen molar-refractivity contribution in [2.24, 2.45) is 0 Å². The van der Waals surface area contributed by atoms with E-state index in [2.05, 4.69) is 16.0 Å². The van der Waals surface area contributed by atoms with Crippen molar-refractivity contribution >= 4 is 35.6 Å². The maximum atomic E-state index is 12.9. The highest BCUT2D eigenvalue weighted by Crippen LogP contribution is 2.17. The SMILES string of the molecule is CC(C)(C)OC(=O)c1ccc(OCCCCCCCCCC(=O)NC(CCC(=O)NCCOCCOCC(=O)NCCOCCOCC(=O)O)C(=O)OC(C)(C)C)cc1. The Hall–Kier alpha value is -4.32. The molecule has 1 rings (SSSR count). The van der Waals surface area contributed by atoms with E-state index in [1.165, 1.54) is 0 Å². The first-order chi connectivity index (χ1) is 27.9. The lowest BCUT2D eigenvalue weighted by Crippen LogP contribution is -2.44. The Kier molecular flexibility index (Phi) is 27.4. The van der Waals surface area contributed by atoms with Gasteiger partial charge in [0.1, 0.15) is 36.2 Å². The highest BCUT2D eigenvalue weighted by atomic mass is 16.6. The van der Waals surface area contributed by atoms with Crippen LogP contribution in [0.2, 0.25) is 0 Å². The number of esters is 2. The summed E-state index contributed by atoms with van der Waals surface area (Å²) < 4.78 is 37.4. The zero-order chi connectivity index (χ0) is 43.9. The molecule has 4 N–H and O–H groups in total. The summed E-state index contributed by atoms with van der Waals surface area (Å²) in [6.07, 6.45) is 6.90. The Morgan fingerprint density at radius 1 is 0.576 bits per heavy atom. The van der Waals surface area contributed by atoms with Crippen LogP contribution in [0.1, 0.15) is 116 Å². The summed E-state index contributed by atoms with van der Waals surface area (Å²) in [5, 5.41) is 16.6. The molecule has 0 saturated heterocycles. The molecule has 0 saturated carbocycles. The molecule has 1 unspecified atom stereocenters. The summed E-state index contributed by atoms with van der Waals surface area (Å²) in [6.45, 7) is 12.4.